The van der Waals surface area contributed by atoms with Gasteiger partial charge in [-0.15, -0.1) is 0 Å². The van der Waals surface area contributed by atoms with Crippen molar-refractivity contribution < 1.29 is 33.3 Å². The van der Waals surface area contributed by atoms with Gasteiger partial charge in [-0.1, -0.05) is 6.07 Å². The van der Waals surface area contributed by atoms with E-state index in [1.165, 1.54) is 13.2 Å². The van der Waals surface area contributed by atoms with Gasteiger partial charge in [0, 0.05) is 29.0 Å². The highest BCUT2D eigenvalue weighted by atomic mass is 16.5. The van der Waals surface area contributed by atoms with Crippen LogP contribution in [0.3, 0.4) is 0 Å². The summed E-state index contributed by atoms with van der Waals surface area (Å²) < 4.78 is 21.4. The summed E-state index contributed by atoms with van der Waals surface area (Å²) in [6.07, 6.45) is 1.23. The number of methoxy groups -OCH3 is 3. The Bertz CT molecular complexity index is 1490. The van der Waals surface area contributed by atoms with Crippen LogP contribution in [-0.4, -0.2) is 44.1 Å². The molecule has 3 aromatic carbocycles. The normalized spacial score (nSPS) is 10.4. The lowest BCUT2D eigenvalue weighted by atomic mass is 10.2. The molecule has 1 aromatic heterocycles. The van der Waals surface area contributed by atoms with Crippen LogP contribution in [0.5, 0.6) is 23.0 Å². The molecular formula is C28H25N3O7. The lowest BCUT2D eigenvalue weighted by Gasteiger charge is -2.13. The zero-order chi connectivity index (χ0) is 27.1. The van der Waals surface area contributed by atoms with Crippen LogP contribution < -0.4 is 24.8 Å². The van der Waals surface area contributed by atoms with Crippen molar-refractivity contribution in [3.8, 4) is 23.0 Å². The van der Waals surface area contributed by atoms with Gasteiger partial charge in [0.1, 0.15) is 17.9 Å². The molecule has 0 saturated heterocycles. The molecule has 2 N–H and O–H groups in total. The van der Waals surface area contributed by atoms with Crippen LogP contribution in [0.2, 0.25) is 0 Å². The van der Waals surface area contributed by atoms with Gasteiger partial charge < -0.3 is 29.6 Å². The molecule has 4 rings (SSSR count). The van der Waals surface area contributed by atoms with Gasteiger partial charge in [-0.05, 0) is 54.6 Å². The zero-order valence-corrected chi connectivity index (χ0v) is 20.9. The summed E-state index contributed by atoms with van der Waals surface area (Å²) in [6, 6.07) is 18.3. The molecule has 4 aromatic rings. The Hall–Kier alpha value is -5.12. The third-order valence-electron chi connectivity index (χ3n) is 5.46. The minimum atomic E-state index is -0.527. The molecule has 0 fully saturated rings. The fraction of sp³-hybridized carbons (Fsp3) is 0.143. The molecule has 0 radical (unpaired) electrons. The van der Waals surface area contributed by atoms with Crippen LogP contribution in [-0.2, 0) is 14.3 Å². The summed E-state index contributed by atoms with van der Waals surface area (Å²) in [5, 5.41) is 6.01. The predicted molar refractivity (Wildman–Crippen MR) is 141 cm³/mol. The average molecular weight is 516 g/mol. The van der Waals surface area contributed by atoms with Crippen LogP contribution >= 0.6 is 0 Å². The average Bonchev–Trinajstić information content (AvgIpc) is 2.93. The summed E-state index contributed by atoms with van der Waals surface area (Å²) >= 11 is 0. The van der Waals surface area contributed by atoms with Crippen LogP contribution in [0, 0.1) is 0 Å². The minimum absolute atomic E-state index is 0.288. The Labute approximate surface area is 218 Å². The van der Waals surface area contributed by atoms with E-state index in [0.29, 0.717) is 39.9 Å². The molecule has 0 saturated carbocycles. The van der Waals surface area contributed by atoms with Crippen molar-refractivity contribution in [3.05, 3.63) is 78.5 Å². The molecular weight excluding hydrogens is 490 g/mol. The smallest absolute Gasteiger partial charge is 0.337 e. The number of benzene rings is 3. The molecule has 10 heteroatoms. The lowest BCUT2D eigenvalue weighted by Crippen LogP contribution is -2.21. The van der Waals surface area contributed by atoms with E-state index in [-0.39, 0.29) is 5.56 Å². The first-order valence-electron chi connectivity index (χ1n) is 11.5. The number of nitrogens with one attached hydrogen (secondary N) is 2. The molecule has 0 aliphatic rings. The summed E-state index contributed by atoms with van der Waals surface area (Å²) in [7, 11) is 4.38. The topological polar surface area (TPSA) is 125 Å². The highest BCUT2D eigenvalue weighted by Crippen LogP contribution is 2.37. The second-order valence-corrected chi connectivity index (χ2v) is 8.01. The molecule has 0 unspecified atom stereocenters. The Kier molecular flexibility index (Phi) is 8.02. The number of fused-ring (bicyclic) bond motifs is 1. The largest absolute Gasteiger partial charge is 0.493 e. The Morgan fingerprint density at radius 1 is 0.763 bits per heavy atom. The number of pyridine rings is 1. The standard InChI is InChI=1S/C28H25N3O7/c1-35-24-14-21-22(15-25(24)36-2)29-12-11-23(21)38-20-9-7-18(8-10-20)30-26(32)16-27(33)31-19-6-4-5-17(13-19)28(34)37-3/h4-15H,16H2,1-3H3,(H,30,32)(H,31,33). The molecule has 0 aliphatic carbocycles. The first-order valence-corrected chi connectivity index (χ1v) is 11.5. The number of hydrogen-bond acceptors (Lipinski definition) is 8. The maximum atomic E-state index is 12.4. The van der Waals surface area contributed by atoms with Crippen molar-refractivity contribution in [1.29, 1.82) is 0 Å². The predicted octanol–water partition coefficient (Wildman–Crippen LogP) is 4.80. The molecule has 0 spiro atoms. The van der Waals surface area contributed by atoms with Crippen molar-refractivity contribution in [3.63, 3.8) is 0 Å². The van der Waals surface area contributed by atoms with E-state index in [9.17, 15) is 14.4 Å². The first kappa shape index (κ1) is 26.0. The second-order valence-electron chi connectivity index (χ2n) is 8.01. The third kappa shape index (κ3) is 6.16. The van der Waals surface area contributed by atoms with E-state index in [1.54, 1.807) is 81.1 Å². The number of aromatic nitrogens is 1. The van der Waals surface area contributed by atoms with Crippen molar-refractivity contribution in [2.24, 2.45) is 0 Å². The van der Waals surface area contributed by atoms with Crippen molar-refractivity contribution in [2.45, 2.75) is 6.42 Å². The lowest BCUT2D eigenvalue weighted by molar-refractivity contribution is -0.123. The van der Waals surface area contributed by atoms with E-state index in [4.69, 9.17) is 14.2 Å². The highest BCUT2D eigenvalue weighted by Gasteiger charge is 2.13. The van der Waals surface area contributed by atoms with Crippen molar-refractivity contribution in [2.75, 3.05) is 32.0 Å². The molecule has 0 bridgehead atoms. The van der Waals surface area contributed by atoms with Crippen molar-refractivity contribution in [1.82, 2.24) is 4.98 Å². The number of esters is 1. The van der Waals surface area contributed by atoms with Gasteiger partial charge in [-0.3, -0.25) is 14.6 Å². The summed E-state index contributed by atoms with van der Waals surface area (Å²) in [5.74, 6) is 0.671. The van der Waals surface area contributed by atoms with Crippen LogP contribution in [0.1, 0.15) is 16.8 Å². The number of hydrogen-bond donors (Lipinski definition) is 2. The van der Waals surface area contributed by atoms with Gasteiger partial charge in [0.05, 0.1) is 32.4 Å². The highest BCUT2D eigenvalue weighted by molar-refractivity contribution is 6.08. The van der Waals surface area contributed by atoms with Crippen molar-refractivity contribution >= 4 is 40.1 Å². The first-order chi connectivity index (χ1) is 18.4. The quantitative estimate of drug-likeness (QED) is 0.241. The van der Waals surface area contributed by atoms with E-state index in [1.807, 2.05) is 0 Å². The van der Waals surface area contributed by atoms with Crippen LogP contribution in [0.25, 0.3) is 10.9 Å². The second kappa shape index (κ2) is 11.7. The van der Waals surface area contributed by atoms with Gasteiger partial charge in [-0.25, -0.2) is 4.79 Å². The number of amides is 2. The summed E-state index contributed by atoms with van der Waals surface area (Å²) in [6.45, 7) is 0. The van der Waals surface area contributed by atoms with Gasteiger partial charge >= 0.3 is 5.97 Å². The number of nitrogens with zero attached hydrogens (tertiary/aromatic N) is 1. The maximum absolute atomic E-state index is 12.4. The van der Waals surface area contributed by atoms with Gasteiger partial charge in [-0.2, -0.15) is 0 Å². The van der Waals surface area contributed by atoms with E-state index in [0.717, 1.165) is 5.39 Å². The molecule has 194 valence electrons. The van der Waals surface area contributed by atoms with Gasteiger partial charge in [0.2, 0.25) is 11.8 Å². The molecule has 1 heterocycles. The van der Waals surface area contributed by atoms with Crippen LogP contribution in [0.15, 0.2) is 72.9 Å². The summed E-state index contributed by atoms with van der Waals surface area (Å²) in [4.78, 5) is 40.7. The molecule has 0 aliphatic heterocycles. The number of rotatable bonds is 9. The fourth-order valence-corrected chi connectivity index (χ4v) is 3.67. The van der Waals surface area contributed by atoms with E-state index in [2.05, 4.69) is 20.4 Å². The molecule has 38 heavy (non-hydrogen) atoms. The van der Waals surface area contributed by atoms with Gasteiger partial charge in [0.15, 0.2) is 11.5 Å². The number of ether oxygens (including phenoxy) is 4. The summed E-state index contributed by atoms with van der Waals surface area (Å²) in [5.41, 5.74) is 1.84. The van der Waals surface area contributed by atoms with E-state index >= 15 is 0 Å². The minimum Gasteiger partial charge on any atom is -0.493 e. The monoisotopic (exact) mass is 515 g/mol. The number of carbonyl (C=O) groups is 3. The van der Waals surface area contributed by atoms with Crippen LogP contribution in [0.4, 0.5) is 11.4 Å². The Balaban J connectivity index is 1.37. The van der Waals surface area contributed by atoms with E-state index < -0.39 is 24.2 Å². The third-order valence-corrected chi connectivity index (χ3v) is 5.46. The number of anilines is 2. The maximum Gasteiger partial charge on any atom is 0.337 e. The fourth-order valence-electron chi connectivity index (χ4n) is 3.67. The number of carbonyl (C=O) groups excluding carboxylic acids is 3. The SMILES string of the molecule is COC(=O)c1cccc(NC(=O)CC(=O)Nc2ccc(Oc3ccnc4cc(OC)c(OC)cc34)cc2)c1. The Morgan fingerprint density at radius 3 is 2.13 bits per heavy atom. The molecule has 10 nitrogen and oxygen atoms in total. The zero-order valence-electron chi connectivity index (χ0n) is 20.9. The van der Waals surface area contributed by atoms with Gasteiger partial charge in [0.25, 0.3) is 0 Å². The Morgan fingerprint density at radius 2 is 1.45 bits per heavy atom. The molecule has 2 amide bonds. The molecule has 0 atom stereocenters.